The van der Waals surface area contributed by atoms with E-state index >= 15 is 0 Å². The molecule has 0 aromatic heterocycles. The van der Waals surface area contributed by atoms with Crippen molar-refractivity contribution in [2.75, 3.05) is 13.4 Å². The molecular formula is C12H11NO4. The minimum atomic E-state index is -0.414. The first-order chi connectivity index (χ1) is 8.36. The van der Waals surface area contributed by atoms with Gasteiger partial charge in [0.1, 0.15) is 0 Å². The van der Waals surface area contributed by atoms with Crippen LogP contribution in [0, 0.1) is 11.3 Å². The largest absolute Gasteiger partial charge is 0.454 e. The Morgan fingerprint density at radius 2 is 2.18 bits per heavy atom. The second kappa shape index (κ2) is 4.24. The Morgan fingerprint density at radius 1 is 1.29 bits per heavy atom. The Labute approximate surface area is 98.5 Å². The van der Waals surface area contributed by atoms with Gasteiger partial charge >= 0.3 is 0 Å². The molecule has 0 spiro atoms. The summed E-state index contributed by atoms with van der Waals surface area (Å²) in [5.41, 5.74) is 0.884. The van der Waals surface area contributed by atoms with Crippen LogP contribution in [0.2, 0.25) is 0 Å². The normalized spacial score (nSPS) is 25.8. The fourth-order valence-electron chi connectivity index (χ4n) is 1.89. The van der Waals surface area contributed by atoms with Gasteiger partial charge in [0.2, 0.25) is 6.79 Å². The average molecular weight is 233 g/mol. The van der Waals surface area contributed by atoms with Crippen LogP contribution in [0.15, 0.2) is 18.2 Å². The molecule has 2 aliphatic heterocycles. The van der Waals surface area contributed by atoms with E-state index in [0.29, 0.717) is 18.8 Å². The van der Waals surface area contributed by atoms with Gasteiger partial charge in [-0.05, 0) is 18.2 Å². The molecule has 5 heteroatoms. The molecule has 0 aliphatic carbocycles. The highest BCUT2D eigenvalue weighted by Gasteiger charge is 2.28. The Balaban J connectivity index is 1.75. The molecule has 2 heterocycles. The fourth-order valence-corrected chi connectivity index (χ4v) is 1.89. The second-order valence-corrected chi connectivity index (χ2v) is 3.90. The molecule has 0 saturated carbocycles. The predicted molar refractivity (Wildman–Crippen MR) is 56.4 cm³/mol. The molecule has 3 rings (SSSR count). The molecule has 2 unspecified atom stereocenters. The Kier molecular flexibility index (Phi) is 2.59. The Morgan fingerprint density at radius 3 is 3.06 bits per heavy atom. The highest BCUT2D eigenvalue weighted by molar-refractivity contribution is 5.44. The van der Waals surface area contributed by atoms with Gasteiger partial charge in [0.15, 0.2) is 17.8 Å². The van der Waals surface area contributed by atoms with Gasteiger partial charge in [-0.1, -0.05) is 0 Å². The number of rotatable bonds is 2. The SMILES string of the molecule is N#CCC1COC(c2ccc3c(c2)OCO3)O1. The third-order valence-electron chi connectivity index (χ3n) is 2.74. The Hall–Kier alpha value is -1.77. The van der Waals surface area contributed by atoms with E-state index in [2.05, 4.69) is 6.07 Å². The molecule has 5 nitrogen and oxygen atoms in total. The minimum absolute atomic E-state index is 0.143. The van der Waals surface area contributed by atoms with Crippen LogP contribution in [0.3, 0.4) is 0 Å². The lowest BCUT2D eigenvalue weighted by Gasteiger charge is -2.10. The molecule has 88 valence electrons. The summed E-state index contributed by atoms with van der Waals surface area (Å²) in [7, 11) is 0. The van der Waals surface area contributed by atoms with Crippen LogP contribution in [0.25, 0.3) is 0 Å². The van der Waals surface area contributed by atoms with Crippen LogP contribution in [0.1, 0.15) is 18.3 Å². The van der Waals surface area contributed by atoms with E-state index in [0.717, 1.165) is 11.3 Å². The summed E-state index contributed by atoms with van der Waals surface area (Å²) < 4.78 is 21.6. The molecule has 1 aromatic rings. The van der Waals surface area contributed by atoms with Crippen LogP contribution in [0.4, 0.5) is 0 Å². The van der Waals surface area contributed by atoms with Gasteiger partial charge in [0, 0.05) is 5.56 Å². The molecule has 0 bridgehead atoms. The molecule has 0 amide bonds. The lowest BCUT2D eigenvalue weighted by atomic mass is 10.2. The van der Waals surface area contributed by atoms with Crippen molar-refractivity contribution >= 4 is 0 Å². The van der Waals surface area contributed by atoms with Gasteiger partial charge in [-0.25, -0.2) is 0 Å². The molecule has 1 aromatic carbocycles. The summed E-state index contributed by atoms with van der Waals surface area (Å²) in [6, 6.07) is 7.64. The first-order valence-electron chi connectivity index (χ1n) is 5.40. The average Bonchev–Trinajstić information content (AvgIpc) is 2.96. The number of hydrogen-bond donors (Lipinski definition) is 0. The molecule has 2 atom stereocenters. The minimum Gasteiger partial charge on any atom is -0.454 e. The van der Waals surface area contributed by atoms with Crippen molar-refractivity contribution < 1.29 is 18.9 Å². The van der Waals surface area contributed by atoms with Crippen molar-refractivity contribution in [2.45, 2.75) is 18.8 Å². The number of fused-ring (bicyclic) bond motifs is 1. The number of hydrogen-bond acceptors (Lipinski definition) is 5. The summed E-state index contributed by atoms with van der Waals surface area (Å²) in [4.78, 5) is 0. The summed E-state index contributed by atoms with van der Waals surface area (Å²) in [5, 5.41) is 8.59. The second-order valence-electron chi connectivity index (χ2n) is 3.90. The van der Waals surface area contributed by atoms with Crippen molar-refractivity contribution in [3.63, 3.8) is 0 Å². The Bertz CT molecular complexity index is 468. The van der Waals surface area contributed by atoms with Crippen molar-refractivity contribution in [3.05, 3.63) is 23.8 Å². The smallest absolute Gasteiger partial charge is 0.231 e. The quantitative estimate of drug-likeness (QED) is 0.778. The number of benzene rings is 1. The van der Waals surface area contributed by atoms with Crippen LogP contribution >= 0.6 is 0 Å². The van der Waals surface area contributed by atoms with Crippen molar-refractivity contribution in [1.82, 2.24) is 0 Å². The van der Waals surface area contributed by atoms with E-state index in [1.807, 2.05) is 18.2 Å². The lowest BCUT2D eigenvalue weighted by Crippen LogP contribution is -2.07. The van der Waals surface area contributed by atoms with E-state index < -0.39 is 6.29 Å². The molecule has 1 saturated heterocycles. The maximum atomic E-state index is 8.59. The van der Waals surface area contributed by atoms with Gasteiger partial charge in [0.25, 0.3) is 0 Å². The van der Waals surface area contributed by atoms with Crippen molar-refractivity contribution in [2.24, 2.45) is 0 Å². The highest BCUT2D eigenvalue weighted by atomic mass is 16.7. The number of ether oxygens (including phenoxy) is 4. The zero-order valence-electron chi connectivity index (χ0n) is 9.09. The monoisotopic (exact) mass is 233 g/mol. The van der Waals surface area contributed by atoms with Gasteiger partial charge in [-0.3, -0.25) is 0 Å². The maximum Gasteiger partial charge on any atom is 0.231 e. The van der Waals surface area contributed by atoms with Crippen molar-refractivity contribution in [1.29, 1.82) is 5.26 Å². The predicted octanol–water partition coefficient (Wildman–Crippen LogP) is 1.74. The van der Waals surface area contributed by atoms with E-state index in [4.69, 9.17) is 24.2 Å². The first kappa shape index (κ1) is 10.4. The molecule has 2 aliphatic rings. The standard InChI is InChI=1S/C12H11NO4/c13-4-3-9-6-14-12(17-9)8-1-2-10-11(5-8)16-7-15-10/h1-2,5,9,12H,3,6-7H2. The third kappa shape index (κ3) is 1.93. The number of nitriles is 1. The van der Waals surface area contributed by atoms with Crippen LogP contribution < -0.4 is 9.47 Å². The van der Waals surface area contributed by atoms with Gasteiger partial charge in [-0.2, -0.15) is 5.26 Å². The fraction of sp³-hybridized carbons (Fsp3) is 0.417. The van der Waals surface area contributed by atoms with Crippen LogP contribution in [0.5, 0.6) is 11.5 Å². The lowest BCUT2D eigenvalue weighted by molar-refractivity contribution is -0.0593. The maximum absolute atomic E-state index is 8.59. The first-order valence-corrected chi connectivity index (χ1v) is 5.40. The van der Waals surface area contributed by atoms with Crippen molar-refractivity contribution in [3.8, 4) is 17.6 Å². The molecular weight excluding hydrogens is 222 g/mol. The van der Waals surface area contributed by atoms with E-state index in [1.165, 1.54) is 0 Å². The topological polar surface area (TPSA) is 60.7 Å². The third-order valence-corrected chi connectivity index (χ3v) is 2.74. The molecule has 0 N–H and O–H groups in total. The van der Waals surface area contributed by atoms with E-state index in [1.54, 1.807) is 0 Å². The van der Waals surface area contributed by atoms with E-state index in [9.17, 15) is 0 Å². The number of nitrogens with zero attached hydrogens (tertiary/aromatic N) is 1. The summed E-state index contributed by atoms with van der Waals surface area (Å²) in [5.74, 6) is 1.44. The summed E-state index contributed by atoms with van der Waals surface area (Å²) >= 11 is 0. The summed E-state index contributed by atoms with van der Waals surface area (Å²) in [6.07, 6.45) is -0.209. The van der Waals surface area contributed by atoms with Gasteiger partial charge in [-0.15, -0.1) is 0 Å². The highest BCUT2D eigenvalue weighted by Crippen LogP contribution is 2.37. The van der Waals surface area contributed by atoms with Crippen LogP contribution in [-0.2, 0) is 9.47 Å². The summed E-state index contributed by atoms with van der Waals surface area (Å²) in [6.45, 7) is 0.703. The molecule has 0 radical (unpaired) electrons. The molecule has 1 fully saturated rings. The molecule has 17 heavy (non-hydrogen) atoms. The zero-order valence-corrected chi connectivity index (χ0v) is 9.09. The van der Waals surface area contributed by atoms with Gasteiger partial charge in [0.05, 0.1) is 25.2 Å². The van der Waals surface area contributed by atoms with Gasteiger partial charge < -0.3 is 18.9 Å². The van der Waals surface area contributed by atoms with Crippen LogP contribution in [-0.4, -0.2) is 19.5 Å². The van der Waals surface area contributed by atoms with E-state index in [-0.39, 0.29) is 12.9 Å². The zero-order chi connectivity index (χ0) is 11.7.